The lowest BCUT2D eigenvalue weighted by molar-refractivity contribution is 0.0389. The second kappa shape index (κ2) is 4.03. The van der Waals surface area contributed by atoms with Gasteiger partial charge < -0.3 is 5.11 Å². The van der Waals surface area contributed by atoms with Crippen LogP contribution in [0.5, 0.6) is 0 Å². The SMILES string of the molecule is CN(C)C(O)c1ccccc1Br. The summed E-state index contributed by atoms with van der Waals surface area (Å²) in [4.78, 5) is 1.75. The quantitative estimate of drug-likeness (QED) is 0.785. The number of aliphatic hydroxyl groups excluding tert-OH is 1. The highest BCUT2D eigenvalue weighted by Gasteiger charge is 2.11. The molecular weight excluding hydrogens is 218 g/mol. The van der Waals surface area contributed by atoms with Crippen LogP contribution in [0.1, 0.15) is 11.8 Å². The van der Waals surface area contributed by atoms with Crippen LogP contribution < -0.4 is 0 Å². The van der Waals surface area contributed by atoms with Crippen molar-refractivity contribution in [2.45, 2.75) is 6.23 Å². The van der Waals surface area contributed by atoms with E-state index in [2.05, 4.69) is 15.9 Å². The largest absolute Gasteiger partial charge is 0.374 e. The number of aliphatic hydroxyl groups is 1. The molecule has 2 nitrogen and oxygen atoms in total. The van der Waals surface area contributed by atoms with Crippen LogP contribution in [0.4, 0.5) is 0 Å². The van der Waals surface area contributed by atoms with Gasteiger partial charge in [-0.1, -0.05) is 34.1 Å². The fourth-order valence-corrected chi connectivity index (χ4v) is 1.45. The minimum absolute atomic E-state index is 0.541. The van der Waals surface area contributed by atoms with Gasteiger partial charge >= 0.3 is 0 Å². The van der Waals surface area contributed by atoms with Gasteiger partial charge in [0, 0.05) is 10.0 Å². The summed E-state index contributed by atoms with van der Waals surface area (Å²) in [6.45, 7) is 0. The van der Waals surface area contributed by atoms with Crippen molar-refractivity contribution < 1.29 is 5.11 Å². The molecule has 12 heavy (non-hydrogen) atoms. The predicted molar refractivity (Wildman–Crippen MR) is 52.8 cm³/mol. The van der Waals surface area contributed by atoms with Gasteiger partial charge in [-0.15, -0.1) is 0 Å². The first-order valence-electron chi connectivity index (χ1n) is 3.72. The summed E-state index contributed by atoms with van der Waals surface area (Å²) in [5, 5.41) is 9.67. The van der Waals surface area contributed by atoms with E-state index >= 15 is 0 Å². The molecule has 0 bridgehead atoms. The van der Waals surface area contributed by atoms with Crippen LogP contribution >= 0.6 is 15.9 Å². The summed E-state index contributed by atoms with van der Waals surface area (Å²) in [6.07, 6.45) is -0.541. The average molecular weight is 230 g/mol. The molecule has 0 aliphatic carbocycles. The Morgan fingerprint density at radius 2 is 1.92 bits per heavy atom. The van der Waals surface area contributed by atoms with Crippen molar-refractivity contribution in [1.82, 2.24) is 4.90 Å². The topological polar surface area (TPSA) is 23.5 Å². The maximum atomic E-state index is 9.67. The van der Waals surface area contributed by atoms with Gasteiger partial charge in [-0.2, -0.15) is 0 Å². The summed E-state index contributed by atoms with van der Waals surface area (Å²) in [5.41, 5.74) is 0.891. The van der Waals surface area contributed by atoms with Crippen molar-refractivity contribution in [2.75, 3.05) is 14.1 Å². The first-order chi connectivity index (χ1) is 5.63. The maximum absolute atomic E-state index is 9.67. The second-order valence-electron chi connectivity index (χ2n) is 2.86. The zero-order chi connectivity index (χ0) is 9.14. The molecule has 0 saturated heterocycles. The van der Waals surface area contributed by atoms with Crippen molar-refractivity contribution in [3.8, 4) is 0 Å². The molecule has 0 aliphatic heterocycles. The van der Waals surface area contributed by atoms with E-state index < -0.39 is 6.23 Å². The van der Waals surface area contributed by atoms with Crippen LogP contribution in [0.15, 0.2) is 28.7 Å². The number of rotatable bonds is 2. The standard InChI is InChI=1S/C9H12BrNO/c1-11(2)9(12)7-5-3-4-6-8(7)10/h3-6,9,12H,1-2H3. The zero-order valence-electron chi connectivity index (χ0n) is 7.16. The number of benzene rings is 1. The number of hydrogen-bond donors (Lipinski definition) is 1. The van der Waals surface area contributed by atoms with Crippen LogP contribution in [0.2, 0.25) is 0 Å². The third-order valence-electron chi connectivity index (χ3n) is 1.67. The Balaban J connectivity index is 2.94. The van der Waals surface area contributed by atoms with E-state index in [0.717, 1.165) is 10.0 Å². The molecule has 66 valence electrons. The molecule has 1 N–H and O–H groups in total. The molecule has 0 fully saturated rings. The van der Waals surface area contributed by atoms with Gasteiger partial charge in [0.2, 0.25) is 0 Å². The van der Waals surface area contributed by atoms with E-state index in [4.69, 9.17) is 0 Å². The number of hydrogen-bond acceptors (Lipinski definition) is 2. The Bertz CT molecular complexity index is 262. The second-order valence-corrected chi connectivity index (χ2v) is 3.71. The smallest absolute Gasteiger partial charge is 0.134 e. The van der Waals surface area contributed by atoms with Crippen molar-refractivity contribution in [3.63, 3.8) is 0 Å². The summed E-state index contributed by atoms with van der Waals surface area (Å²) >= 11 is 3.38. The van der Waals surface area contributed by atoms with E-state index in [9.17, 15) is 5.11 Å². The summed E-state index contributed by atoms with van der Waals surface area (Å²) in [6, 6.07) is 7.65. The van der Waals surface area contributed by atoms with Gasteiger partial charge in [0.15, 0.2) is 0 Å². The minimum Gasteiger partial charge on any atom is -0.374 e. The van der Waals surface area contributed by atoms with Gasteiger partial charge in [-0.05, 0) is 20.2 Å². The lowest BCUT2D eigenvalue weighted by Gasteiger charge is -2.19. The third-order valence-corrected chi connectivity index (χ3v) is 2.39. The van der Waals surface area contributed by atoms with E-state index in [-0.39, 0.29) is 0 Å². The van der Waals surface area contributed by atoms with E-state index in [1.54, 1.807) is 4.90 Å². The van der Waals surface area contributed by atoms with Crippen molar-refractivity contribution in [3.05, 3.63) is 34.3 Å². The van der Waals surface area contributed by atoms with Crippen LogP contribution in [-0.4, -0.2) is 24.1 Å². The van der Waals surface area contributed by atoms with Crippen molar-refractivity contribution >= 4 is 15.9 Å². The van der Waals surface area contributed by atoms with Crippen molar-refractivity contribution in [1.29, 1.82) is 0 Å². The molecule has 0 aromatic heterocycles. The molecule has 0 amide bonds. The molecule has 0 saturated carbocycles. The van der Waals surface area contributed by atoms with Crippen LogP contribution in [0, 0.1) is 0 Å². The molecular formula is C9H12BrNO. The molecule has 3 heteroatoms. The molecule has 1 aromatic rings. The highest BCUT2D eigenvalue weighted by atomic mass is 79.9. The van der Waals surface area contributed by atoms with Crippen molar-refractivity contribution in [2.24, 2.45) is 0 Å². The van der Waals surface area contributed by atoms with E-state index in [1.165, 1.54) is 0 Å². The van der Waals surface area contributed by atoms with Gasteiger partial charge in [-0.25, -0.2) is 0 Å². The Kier molecular flexibility index (Phi) is 3.26. The third kappa shape index (κ3) is 2.06. The Morgan fingerprint density at radius 1 is 1.33 bits per heavy atom. The highest BCUT2D eigenvalue weighted by Crippen LogP contribution is 2.23. The van der Waals surface area contributed by atoms with Gasteiger partial charge in [-0.3, -0.25) is 4.90 Å². The average Bonchev–Trinajstić information content (AvgIpc) is 2.04. The van der Waals surface area contributed by atoms with Crippen LogP contribution in [-0.2, 0) is 0 Å². The molecule has 1 rings (SSSR count). The molecule has 0 spiro atoms. The first kappa shape index (κ1) is 9.71. The molecule has 0 heterocycles. The minimum atomic E-state index is -0.541. The zero-order valence-corrected chi connectivity index (χ0v) is 8.75. The number of halogens is 1. The number of nitrogens with zero attached hydrogens (tertiary/aromatic N) is 1. The summed E-state index contributed by atoms with van der Waals surface area (Å²) in [7, 11) is 3.67. The summed E-state index contributed by atoms with van der Waals surface area (Å²) in [5.74, 6) is 0. The molecule has 1 atom stereocenters. The molecule has 0 aliphatic rings. The predicted octanol–water partition coefficient (Wildman–Crippen LogP) is 2.00. The fourth-order valence-electron chi connectivity index (χ4n) is 0.963. The normalized spacial score (nSPS) is 13.4. The molecule has 0 radical (unpaired) electrons. The Morgan fingerprint density at radius 3 is 2.42 bits per heavy atom. The van der Waals surface area contributed by atoms with Crippen LogP contribution in [0.25, 0.3) is 0 Å². The molecule has 1 unspecified atom stereocenters. The monoisotopic (exact) mass is 229 g/mol. The van der Waals surface area contributed by atoms with Gasteiger partial charge in [0.05, 0.1) is 0 Å². The Hall–Kier alpha value is -0.380. The summed E-state index contributed by atoms with van der Waals surface area (Å²) < 4.78 is 0.936. The lowest BCUT2D eigenvalue weighted by Crippen LogP contribution is -2.19. The van der Waals surface area contributed by atoms with E-state index in [1.807, 2.05) is 38.4 Å². The van der Waals surface area contributed by atoms with Crippen LogP contribution in [0.3, 0.4) is 0 Å². The Labute approximate surface area is 80.9 Å². The van der Waals surface area contributed by atoms with E-state index in [0.29, 0.717) is 0 Å². The molecule has 1 aromatic carbocycles. The first-order valence-corrected chi connectivity index (χ1v) is 4.51. The fraction of sp³-hybridized carbons (Fsp3) is 0.333. The van der Waals surface area contributed by atoms with Gasteiger partial charge in [0.1, 0.15) is 6.23 Å². The lowest BCUT2D eigenvalue weighted by atomic mass is 10.2. The maximum Gasteiger partial charge on any atom is 0.134 e. The van der Waals surface area contributed by atoms with Gasteiger partial charge in [0.25, 0.3) is 0 Å². The highest BCUT2D eigenvalue weighted by molar-refractivity contribution is 9.10.